The van der Waals surface area contributed by atoms with E-state index in [0.29, 0.717) is 19.5 Å². The number of carbonyl (C=O) groups excluding carboxylic acids is 3. The molecule has 0 bridgehead atoms. The molecule has 0 aromatic carbocycles. The normalized spacial score (nSPS) is 19.8. The second kappa shape index (κ2) is 16.6. The van der Waals surface area contributed by atoms with Crippen molar-refractivity contribution in [2.24, 2.45) is 17.6 Å². The van der Waals surface area contributed by atoms with Crippen LogP contribution in [-0.4, -0.2) is 97.2 Å². The lowest BCUT2D eigenvalue weighted by atomic mass is 9.90. The molecule has 1 saturated heterocycles. The molecular formula is C30H51N5O5. The summed E-state index contributed by atoms with van der Waals surface area (Å²) >= 11 is 0. The third kappa shape index (κ3) is 9.24. The van der Waals surface area contributed by atoms with E-state index in [2.05, 4.69) is 24.1 Å². The minimum atomic E-state index is -0.473. The van der Waals surface area contributed by atoms with Gasteiger partial charge >= 0.3 is 0 Å². The Morgan fingerprint density at radius 1 is 1.18 bits per heavy atom. The fourth-order valence-corrected chi connectivity index (χ4v) is 5.77. The predicted octanol–water partition coefficient (Wildman–Crippen LogP) is 2.40. The van der Waals surface area contributed by atoms with E-state index in [9.17, 15) is 14.4 Å². The van der Waals surface area contributed by atoms with E-state index in [1.165, 1.54) is 0 Å². The van der Waals surface area contributed by atoms with Crippen LogP contribution in [0.5, 0.6) is 0 Å². The van der Waals surface area contributed by atoms with Crippen LogP contribution in [0.25, 0.3) is 0 Å². The van der Waals surface area contributed by atoms with Crippen LogP contribution < -0.4 is 11.1 Å². The van der Waals surface area contributed by atoms with Gasteiger partial charge in [0, 0.05) is 65.1 Å². The van der Waals surface area contributed by atoms with Crippen LogP contribution in [-0.2, 0) is 30.3 Å². The molecule has 10 heteroatoms. The average molecular weight is 562 g/mol. The molecule has 3 amide bonds. The van der Waals surface area contributed by atoms with Crippen LogP contribution in [0, 0.1) is 11.8 Å². The van der Waals surface area contributed by atoms with Gasteiger partial charge in [-0.3, -0.25) is 19.4 Å². The number of pyridine rings is 1. The number of carbonyl (C=O) groups is 3. The molecule has 2 heterocycles. The topological polar surface area (TPSA) is 127 Å². The van der Waals surface area contributed by atoms with E-state index < -0.39 is 18.1 Å². The van der Waals surface area contributed by atoms with Crippen molar-refractivity contribution in [3.05, 3.63) is 30.1 Å². The van der Waals surface area contributed by atoms with Gasteiger partial charge in [0.25, 0.3) is 0 Å². The van der Waals surface area contributed by atoms with E-state index in [-0.39, 0.29) is 54.6 Å². The van der Waals surface area contributed by atoms with Gasteiger partial charge in [-0.05, 0) is 37.8 Å². The fraction of sp³-hybridized carbons (Fsp3) is 0.733. The number of hydrogen-bond donors (Lipinski definition) is 2. The number of amides is 3. The highest BCUT2D eigenvalue weighted by Crippen LogP contribution is 2.29. The Balaban J connectivity index is 2.09. The van der Waals surface area contributed by atoms with E-state index in [1.807, 2.05) is 36.9 Å². The van der Waals surface area contributed by atoms with Crippen LogP contribution in [0.4, 0.5) is 0 Å². The number of hydrogen-bond acceptors (Lipinski definition) is 7. The van der Waals surface area contributed by atoms with Gasteiger partial charge in [0.05, 0.1) is 36.6 Å². The number of nitrogens with zero attached hydrogens (tertiary/aromatic N) is 3. The summed E-state index contributed by atoms with van der Waals surface area (Å²) in [4.78, 5) is 47.5. The van der Waals surface area contributed by atoms with E-state index >= 15 is 0 Å². The standard InChI is InChI=1S/C30H51N5O5/c1-8-20(2)28(34(5)26(36)18-21(3)31)25(39-6)19-27(37)35-17-11-13-24(35)29(40-7)22(4)30(38)33-16-14-23-12-9-10-15-32-23/h9-10,12,15,20-22,24-25,28-29H,8,11,13-14,16-19,31H2,1-7H3,(H,33,38). The first-order valence-electron chi connectivity index (χ1n) is 14.6. The summed E-state index contributed by atoms with van der Waals surface area (Å²) in [6, 6.07) is 4.98. The summed E-state index contributed by atoms with van der Waals surface area (Å²) in [6.07, 6.45) is 4.27. The minimum Gasteiger partial charge on any atom is -0.379 e. The molecule has 0 radical (unpaired) electrons. The number of nitrogens with one attached hydrogen (secondary N) is 1. The fourth-order valence-electron chi connectivity index (χ4n) is 5.77. The van der Waals surface area contributed by atoms with Gasteiger partial charge in [-0.2, -0.15) is 0 Å². The Hall–Kier alpha value is -2.56. The number of nitrogens with two attached hydrogens (primary N) is 1. The molecule has 7 unspecified atom stereocenters. The maximum atomic E-state index is 13.7. The van der Waals surface area contributed by atoms with Crippen molar-refractivity contribution in [2.75, 3.05) is 34.4 Å². The first-order valence-corrected chi connectivity index (χ1v) is 14.6. The quantitative estimate of drug-likeness (QED) is 0.317. The van der Waals surface area contributed by atoms with Gasteiger partial charge in [-0.25, -0.2) is 0 Å². The lowest BCUT2D eigenvalue weighted by Crippen LogP contribution is -2.53. The molecule has 0 aliphatic carbocycles. The third-order valence-corrected chi connectivity index (χ3v) is 8.21. The average Bonchev–Trinajstić information content (AvgIpc) is 3.42. The molecule has 0 saturated carbocycles. The zero-order valence-electron chi connectivity index (χ0n) is 25.5. The molecule has 0 spiro atoms. The number of aromatic nitrogens is 1. The second-order valence-corrected chi connectivity index (χ2v) is 11.2. The van der Waals surface area contributed by atoms with Crippen molar-refractivity contribution in [3.8, 4) is 0 Å². The highest BCUT2D eigenvalue weighted by Gasteiger charge is 2.41. The molecule has 226 valence electrons. The van der Waals surface area contributed by atoms with Gasteiger partial charge in [-0.1, -0.05) is 33.3 Å². The monoisotopic (exact) mass is 561 g/mol. The Morgan fingerprint density at radius 2 is 1.90 bits per heavy atom. The first-order chi connectivity index (χ1) is 19.0. The predicted molar refractivity (Wildman–Crippen MR) is 155 cm³/mol. The number of likely N-dealkylation sites (tertiary alicyclic amines) is 1. The lowest BCUT2D eigenvalue weighted by molar-refractivity contribution is -0.146. The molecule has 7 atom stereocenters. The molecule has 1 fully saturated rings. The number of ether oxygens (including phenoxy) is 2. The first kappa shape index (κ1) is 33.6. The second-order valence-electron chi connectivity index (χ2n) is 11.2. The number of rotatable bonds is 16. The molecule has 1 aromatic rings. The summed E-state index contributed by atoms with van der Waals surface area (Å²) in [5, 5.41) is 3.00. The molecule has 10 nitrogen and oxygen atoms in total. The maximum absolute atomic E-state index is 13.7. The van der Waals surface area contributed by atoms with Crippen molar-refractivity contribution in [1.82, 2.24) is 20.1 Å². The van der Waals surface area contributed by atoms with Crippen LogP contribution in [0.2, 0.25) is 0 Å². The summed E-state index contributed by atoms with van der Waals surface area (Å²) in [5.74, 6) is -0.546. The Kier molecular flexibility index (Phi) is 14.0. The SMILES string of the molecule is CCC(C)C(C(CC(=O)N1CCCC1C(OC)C(C)C(=O)NCCc1ccccn1)OC)N(C)C(=O)CC(C)N. The zero-order valence-corrected chi connectivity index (χ0v) is 25.5. The van der Waals surface area contributed by atoms with Gasteiger partial charge in [-0.15, -0.1) is 0 Å². The lowest BCUT2D eigenvalue weighted by Gasteiger charge is -2.39. The largest absolute Gasteiger partial charge is 0.379 e. The smallest absolute Gasteiger partial charge is 0.225 e. The molecule has 2 rings (SSSR count). The van der Waals surface area contributed by atoms with E-state index in [1.54, 1.807) is 32.4 Å². The molecule has 3 N–H and O–H groups in total. The Bertz CT molecular complexity index is 930. The van der Waals surface area contributed by atoms with Gasteiger partial charge in [0.1, 0.15) is 0 Å². The van der Waals surface area contributed by atoms with E-state index in [0.717, 1.165) is 25.0 Å². The van der Waals surface area contributed by atoms with Crippen molar-refractivity contribution in [3.63, 3.8) is 0 Å². The van der Waals surface area contributed by atoms with Crippen LogP contribution in [0.3, 0.4) is 0 Å². The van der Waals surface area contributed by atoms with Crippen molar-refractivity contribution < 1.29 is 23.9 Å². The molecule has 1 aliphatic rings. The van der Waals surface area contributed by atoms with Crippen LogP contribution >= 0.6 is 0 Å². The minimum absolute atomic E-state index is 0.0551. The summed E-state index contributed by atoms with van der Waals surface area (Å²) in [6.45, 7) is 8.88. The molecule has 1 aromatic heterocycles. The van der Waals surface area contributed by atoms with Gasteiger partial charge in [0.2, 0.25) is 17.7 Å². The maximum Gasteiger partial charge on any atom is 0.225 e. The van der Waals surface area contributed by atoms with Gasteiger partial charge < -0.3 is 30.3 Å². The Morgan fingerprint density at radius 3 is 2.48 bits per heavy atom. The Labute approximate surface area is 240 Å². The summed E-state index contributed by atoms with van der Waals surface area (Å²) < 4.78 is 11.7. The molecular weight excluding hydrogens is 510 g/mol. The van der Waals surface area contributed by atoms with Crippen molar-refractivity contribution in [2.45, 2.75) is 96.6 Å². The van der Waals surface area contributed by atoms with Crippen LogP contribution in [0.1, 0.15) is 65.5 Å². The molecule has 40 heavy (non-hydrogen) atoms. The zero-order chi connectivity index (χ0) is 29.8. The van der Waals surface area contributed by atoms with Crippen molar-refractivity contribution in [1.29, 1.82) is 0 Å². The van der Waals surface area contributed by atoms with Crippen LogP contribution in [0.15, 0.2) is 24.4 Å². The summed E-state index contributed by atoms with van der Waals surface area (Å²) in [7, 11) is 4.96. The highest BCUT2D eigenvalue weighted by atomic mass is 16.5. The summed E-state index contributed by atoms with van der Waals surface area (Å²) in [5.41, 5.74) is 6.80. The third-order valence-electron chi connectivity index (χ3n) is 8.21. The van der Waals surface area contributed by atoms with E-state index in [4.69, 9.17) is 15.2 Å². The highest BCUT2D eigenvalue weighted by molar-refractivity contribution is 5.80. The van der Waals surface area contributed by atoms with Crippen molar-refractivity contribution >= 4 is 17.7 Å². The number of methoxy groups -OCH3 is 2. The number of likely N-dealkylation sites (N-methyl/N-ethyl adjacent to an activating group) is 1. The van der Waals surface area contributed by atoms with Gasteiger partial charge in [0.15, 0.2) is 0 Å². The molecule has 1 aliphatic heterocycles.